The van der Waals surface area contributed by atoms with Gasteiger partial charge in [0, 0.05) is 33.7 Å². The van der Waals surface area contributed by atoms with Crippen molar-refractivity contribution in [2.24, 2.45) is 0 Å². The summed E-state index contributed by atoms with van der Waals surface area (Å²) in [6.07, 6.45) is 6.50. The van der Waals surface area contributed by atoms with Gasteiger partial charge in [-0.1, -0.05) is 36.4 Å². The predicted molar refractivity (Wildman–Crippen MR) is 82.9 cm³/mol. The smallest absolute Gasteiger partial charge is 0.158 e. The van der Waals surface area contributed by atoms with Crippen molar-refractivity contribution in [1.29, 1.82) is 0 Å². The molecule has 2 heterocycles. The minimum absolute atomic E-state index is 0.996. The van der Waals surface area contributed by atoms with E-state index >= 15 is 0 Å². The lowest BCUT2D eigenvalue weighted by molar-refractivity contribution is 0.548. The third kappa shape index (κ3) is 1.19. The number of aromatic amines is 1. The van der Waals surface area contributed by atoms with Crippen LogP contribution in [-0.4, -0.2) is 4.98 Å². The molecule has 1 N–H and O–H groups in total. The van der Waals surface area contributed by atoms with Gasteiger partial charge in [0.05, 0.1) is 5.52 Å². The van der Waals surface area contributed by atoms with E-state index in [0.717, 1.165) is 29.7 Å². The Morgan fingerprint density at radius 2 is 1.85 bits per heavy atom. The van der Waals surface area contributed by atoms with Gasteiger partial charge in [0.2, 0.25) is 0 Å². The Morgan fingerprint density at radius 3 is 2.85 bits per heavy atom. The number of nitrogens with one attached hydrogen (secondary N) is 1. The lowest BCUT2D eigenvalue weighted by Crippen LogP contribution is -1.87. The molecule has 0 unspecified atom stereocenters. The molecular formula is C18H13NO. The van der Waals surface area contributed by atoms with Gasteiger partial charge in [-0.05, 0) is 18.6 Å². The maximum atomic E-state index is 6.15. The summed E-state index contributed by atoms with van der Waals surface area (Å²) in [5.41, 5.74) is 4.54. The van der Waals surface area contributed by atoms with E-state index in [9.17, 15) is 0 Å². The van der Waals surface area contributed by atoms with E-state index < -0.39 is 0 Å². The lowest BCUT2D eigenvalue weighted by atomic mass is 10.0. The molecule has 2 aromatic carbocycles. The molecule has 0 bridgehead atoms. The molecule has 0 fully saturated rings. The van der Waals surface area contributed by atoms with Crippen molar-refractivity contribution >= 4 is 38.9 Å². The molecule has 2 aromatic heterocycles. The zero-order chi connectivity index (χ0) is 13.1. The highest BCUT2D eigenvalue weighted by Crippen LogP contribution is 2.37. The van der Waals surface area contributed by atoms with Gasteiger partial charge >= 0.3 is 0 Å². The van der Waals surface area contributed by atoms with E-state index in [2.05, 4.69) is 53.5 Å². The van der Waals surface area contributed by atoms with Gasteiger partial charge in [-0.15, -0.1) is 0 Å². The van der Waals surface area contributed by atoms with E-state index in [-0.39, 0.29) is 0 Å². The van der Waals surface area contributed by atoms with E-state index in [1.807, 2.05) is 0 Å². The van der Waals surface area contributed by atoms with E-state index in [0.29, 0.717) is 0 Å². The first kappa shape index (κ1) is 10.3. The third-order valence-electron chi connectivity index (χ3n) is 4.27. The van der Waals surface area contributed by atoms with Crippen molar-refractivity contribution in [3.05, 3.63) is 53.8 Å². The fourth-order valence-corrected chi connectivity index (χ4v) is 3.32. The van der Waals surface area contributed by atoms with Gasteiger partial charge < -0.3 is 9.40 Å². The molecule has 2 heteroatoms. The average Bonchev–Trinajstić information content (AvgIpc) is 3.05. The summed E-state index contributed by atoms with van der Waals surface area (Å²) >= 11 is 0. The van der Waals surface area contributed by atoms with Crippen LogP contribution in [0.25, 0.3) is 38.9 Å². The SMILES string of the molecule is C1=Cc2c(oc3c2ccc2c4ccccc4[nH]c23)CC1. The van der Waals surface area contributed by atoms with Crippen LogP contribution < -0.4 is 0 Å². The quantitative estimate of drug-likeness (QED) is 0.471. The number of allylic oxidation sites excluding steroid dienone is 1. The number of furan rings is 1. The van der Waals surface area contributed by atoms with Crippen LogP contribution in [0.5, 0.6) is 0 Å². The summed E-state index contributed by atoms with van der Waals surface area (Å²) in [7, 11) is 0. The number of para-hydroxylation sites is 1. The highest BCUT2D eigenvalue weighted by molar-refractivity contribution is 6.16. The summed E-state index contributed by atoms with van der Waals surface area (Å²) in [5.74, 6) is 1.12. The van der Waals surface area contributed by atoms with Gasteiger partial charge in [0.15, 0.2) is 5.58 Å². The molecule has 0 radical (unpaired) electrons. The molecule has 4 aromatic rings. The monoisotopic (exact) mass is 259 g/mol. The minimum atomic E-state index is 0.996. The Morgan fingerprint density at radius 1 is 0.950 bits per heavy atom. The van der Waals surface area contributed by atoms with Crippen LogP contribution in [0, 0.1) is 0 Å². The summed E-state index contributed by atoms with van der Waals surface area (Å²) in [5, 5.41) is 3.72. The van der Waals surface area contributed by atoms with E-state index in [1.165, 1.54) is 27.2 Å². The zero-order valence-corrected chi connectivity index (χ0v) is 10.9. The molecule has 0 amide bonds. The molecular weight excluding hydrogens is 246 g/mol. The molecule has 0 aliphatic heterocycles. The Kier molecular flexibility index (Phi) is 1.83. The normalized spacial score (nSPS) is 14.4. The molecule has 0 saturated carbocycles. The van der Waals surface area contributed by atoms with Crippen molar-refractivity contribution in [2.45, 2.75) is 12.8 Å². The van der Waals surface area contributed by atoms with Crippen molar-refractivity contribution in [1.82, 2.24) is 4.98 Å². The predicted octanol–water partition coefficient (Wildman–Crippen LogP) is 5.03. The van der Waals surface area contributed by atoms with Crippen molar-refractivity contribution < 1.29 is 4.42 Å². The first-order valence-electron chi connectivity index (χ1n) is 7.03. The fraction of sp³-hybridized carbons (Fsp3) is 0.111. The second kappa shape index (κ2) is 3.54. The first-order chi connectivity index (χ1) is 9.92. The molecule has 2 nitrogen and oxygen atoms in total. The summed E-state index contributed by atoms with van der Waals surface area (Å²) < 4.78 is 6.15. The average molecular weight is 259 g/mol. The molecule has 1 aliphatic rings. The second-order valence-electron chi connectivity index (χ2n) is 5.42. The van der Waals surface area contributed by atoms with Gasteiger partial charge in [0.1, 0.15) is 5.76 Å². The molecule has 5 rings (SSSR count). The highest BCUT2D eigenvalue weighted by atomic mass is 16.3. The molecule has 0 spiro atoms. The standard InChI is InChI=1S/C18H13NO/c1-3-7-15-11(5-1)13-9-10-14-12-6-2-4-8-16(12)20-18(14)17(13)19-15/h1-3,5-7,9-10,19H,4,8H2. The van der Waals surface area contributed by atoms with Gasteiger partial charge in [-0.25, -0.2) is 0 Å². The van der Waals surface area contributed by atoms with Crippen molar-refractivity contribution in [3.8, 4) is 0 Å². The van der Waals surface area contributed by atoms with Crippen LogP contribution >= 0.6 is 0 Å². The number of aromatic nitrogens is 1. The van der Waals surface area contributed by atoms with Crippen LogP contribution in [-0.2, 0) is 6.42 Å². The molecule has 96 valence electrons. The van der Waals surface area contributed by atoms with Crippen LogP contribution in [0.2, 0.25) is 0 Å². The highest BCUT2D eigenvalue weighted by Gasteiger charge is 2.17. The van der Waals surface area contributed by atoms with Crippen molar-refractivity contribution in [2.75, 3.05) is 0 Å². The Balaban J connectivity index is 2.01. The summed E-state index contributed by atoms with van der Waals surface area (Å²) in [4.78, 5) is 3.51. The summed E-state index contributed by atoms with van der Waals surface area (Å²) in [6.45, 7) is 0. The molecule has 0 atom stereocenters. The topological polar surface area (TPSA) is 28.9 Å². The zero-order valence-electron chi connectivity index (χ0n) is 10.9. The number of fused-ring (bicyclic) bond motifs is 7. The number of benzene rings is 2. The van der Waals surface area contributed by atoms with Crippen LogP contribution in [0.4, 0.5) is 0 Å². The Labute approximate surface area is 115 Å². The van der Waals surface area contributed by atoms with Crippen LogP contribution in [0.1, 0.15) is 17.7 Å². The van der Waals surface area contributed by atoms with Gasteiger partial charge in [0.25, 0.3) is 0 Å². The Hall–Kier alpha value is -2.48. The van der Waals surface area contributed by atoms with Gasteiger partial charge in [-0.3, -0.25) is 0 Å². The van der Waals surface area contributed by atoms with Crippen LogP contribution in [0.3, 0.4) is 0 Å². The third-order valence-corrected chi connectivity index (χ3v) is 4.27. The number of aryl methyl sites for hydroxylation is 1. The van der Waals surface area contributed by atoms with E-state index in [4.69, 9.17) is 4.42 Å². The molecule has 1 aliphatic carbocycles. The number of hydrogen-bond donors (Lipinski definition) is 1. The number of hydrogen-bond acceptors (Lipinski definition) is 1. The Bertz CT molecular complexity index is 1000. The maximum absolute atomic E-state index is 6.15. The number of rotatable bonds is 0. The summed E-state index contributed by atoms with van der Waals surface area (Å²) in [6, 6.07) is 12.8. The largest absolute Gasteiger partial charge is 0.458 e. The molecule has 0 saturated heterocycles. The first-order valence-corrected chi connectivity index (χ1v) is 7.03. The minimum Gasteiger partial charge on any atom is -0.458 e. The van der Waals surface area contributed by atoms with Gasteiger partial charge in [-0.2, -0.15) is 0 Å². The second-order valence-corrected chi connectivity index (χ2v) is 5.42. The lowest BCUT2D eigenvalue weighted by Gasteiger charge is -2.01. The molecule has 20 heavy (non-hydrogen) atoms. The van der Waals surface area contributed by atoms with Crippen molar-refractivity contribution in [3.63, 3.8) is 0 Å². The van der Waals surface area contributed by atoms with E-state index in [1.54, 1.807) is 0 Å². The fourth-order valence-electron chi connectivity index (χ4n) is 3.32. The number of H-pyrrole nitrogens is 1. The van der Waals surface area contributed by atoms with Crippen LogP contribution in [0.15, 0.2) is 46.9 Å². The maximum Gasteiger partial charge on any atom is 0.158 e.